The molecule has 4 N–H and O–H groups in total. The van der Waals surface area contributed by atoms with Gasteiger partial charge in [-0.1, -0.05) is 0 Å². The van der Waals surface area contributed by atoms with Crippen molar-refractivity contribution < 1.29 is 4.79 Å². The molecule has 5 heterocycles. The summed E-state index contributed by atoms with van der Waals surface area (Å²) in [5.74, 6) is 2.39. The third kappa shape index (κ3) is 3.93. The van der Waals surface area contributed by atoms with Crippen LogP contribution >= 0.6 is 11.3 Å². The highest BCUT2D eigenvalue weighted by molar-refractivity contribution is 7.16. The van der Waals surface area contributed by atoms with Gasteiger partial charge >= 0.3 is 0 Å². The van der Waals surface area contributed by atoms with Crippen LogP contribution in [0.5, 0.6) is 0 Å². The molecule has 1 amide bonds. The van der Waals surface area contributed by atoms with Gasteiger partial charge in [0, 0.05) is 35.9 Å². The lowest BCUT2D eigenvalue weighted by atomic mass is 9.97. The Bertz CT molecular complexity index is 1120. The van der Waals surface area contributed by atoms with Gasteiger partial charge in [0.1, 0.15) is 10.6 Å². The second-order valence-corrected chi connectivity index (χ2v) is 10.1. The average Bonchev–Trinajstić information content (AvgIpc) is 3.20. The standard InChI is InChI=1S/C22H28N8OS/c1-12-8-18(29-28-12)25-20-17-6-7-32-21(17)27-22(26-20)24-14-9-15-4-5-16(10-14)30(15)19(31)11-23-13-2-3-13/h6-8,13-16,23H,2-5,9-11H2,1H3,(H3,24,25,26,27,28,29). The Kier molecular flexibility index (Phi) is 4.98. The second kappa shape index (κ2) is 8.00. The molecule has 2 atom stereocenters. The van der Waals surface area contributed by atoms with Crippen molar-refractivity contribution in [3.05, 3.63) is 23.2 Å². The van der Waals surface area contributed by atoms with Gasteiger partial charge < -0.3 is 20.9 Å². The monoisotopic (exact) mass is 452 g/mol. The number of carbonyl (C=O) groups excluding carboxylic acids is 1. The summed E-state index contributed by atoms with van der Waals surface area (Å²) in [6.07, 6.45) is 6.48. The van der Waals surface area contributed by atoms with E-state index in [2.05, 4.69) is 31.0 Å². The van der Waals surface area contributed by atoms with Crippen molar-refractivity contribution in [2.75, 3.05) is 17.2 Å². The first-order chi connectivity index (χ1) is 15.6. The number of nitrogens with zero attached hydrogens (tertiary/aromatic N) is 4. The third-order valence-electron chi connectivity index (χ3n) is 6.75. The molecule has 2 aliphatic heterocycles. The Morgan fingerprint density at radius 2 is 2.00 bits per heavy atom. The minimum atomic E-state index is 0.264. The van der Waals surface area contributed by atoms with Gasteiger partial charge in [0.05, 0.1) is 11.9 Å². The largest absolute Gasteiger partial charge is 0.351 e. The molecule has 1 aliphatic carbocycles. The zero-order valence-electron chi connectivity index (χ0n) is 18.1. The fourth-order valence-corrected chi connectivity index (χ4v) is 5.88. The highest BCUT2D eigenvalue weighted by atomic mass is 32.1. The Hall–Kier alpha value is -2.72. The van der Waals surface area contributed by atoms with Gasteiger partial charge in [-0.3, -0.25) is 9.89 Å². The highest BCUT2D eigenvalue weighted by Gasteiger charge is 2.43. The van der Waals surface area contributed by atoms with Crippen LogP contribution in [0.25, 0.3) is 10.2 Å². The maximum atomic E-state index is 12.8. The van der Waals surface area contributed by atoms with Crippen LogP contribution in [-0.4, -0.2) is 61.7 Å². The van der Waals surface area contributed by atoms with E-state index in [0.29, 0.717) is 30.6 Å². The lowest BCUT2D eigenvalue weighted by molar-refractivity contribution is -0.134. The Labute approximate surface area is 190 Å². The minimum absolute atomic E-state index is 0.264. The fourth-order valence-electron chi connectivity index (χ4n) is 5.11. The van der Waals surface area contributed by atoms with Gasteiger partial charge in [-0.05, 0) is 56.9 Å². The number of fused-ring (bicyclic) bond motifs is 3. The molecule has 3 fully saturated rings. The number of aromatic nitrogens is 4. The predicted molar refractivity (Wildman–Crippen MR) is 125 cm³/mol. The fraction of sp³-hybridized carbons (Fsp3) is 0.545. The van der Waals surface area contributed by atoms with Crippen LogP contribution in [0, 0.1) is 6.92 Å². The first-order valence-electron chi connectivity index (χ1n) is 11.5. The molecule has 3 aliphatic rings. The molecule has 3 aromatic rings. The van der Waals surface area contributed by atoms with Crippen molar-refractivity contribution in [3.63, 3.8) is 0 Å². The molecule has 0 radical (unpaired) electrons. The van der Waals surface area contributed by atoms with Crippen molar-refractivity contribution in [2.45, 2.75) is 69.6 Å². The number of anilines is 3. The zero-order valence-corrected chi connectivity index (χ0v) is 18.9. The molecule has 0 spiro atoms. The molecule has 10 heteroatoms. The lowest BCUT2D eigenvalue weighted by Gasteiger charge is -2.39. The number of piperidine rings is 1. The number of hydrogen-bond acceptors (Lipinski definition) is 8. The topological polar surface area (TPSA) is 111 Å². The molecule has 6 rings (SSSR count). The van der Waals surface area contributed by atoms with Gasteiger partial charge in [-0.2, -0.15) is 10.1 Å². The summed E-state index contributed by atoms with van der Waals surface area (Å²) in [7, 11) is 0. The van der Waals surface area contributed by atoms with Crippen molar-refractivity contribution in [2.24, 2.45) is 0 Å². The van der Waals surface area contributed by atoms with E-state index < -0.39 is 0 Å². The van der Waals surface area contributed by atoms with Crippen LogP contribution in [0.1, 0.15) is 44.2 Å². The summed E-state index contributed by atoms with van der Waals surface area (Å²) in [5, 5.41) is 20.5. The number of hydrogen-bond donors (Lipinski definition) is 4. The van der Waals surface area contributed by atoms with Gasteiger partial charge in [0.25, 0.3) is 0 Å². The average molecular weight is 453 g/mol. The van der Waals surface area contributed by atoms with Crippen molar-refractivity contribution in [1.82, 2.24) is 30.4 Å². The maximum Gasteiger partial charge on any atom is 0.237 e. The van der Waals surface area contributed by atoms with Crippen molar-refractivity contribution in [1.29, 1.82) is 0 Å². The second-order valence-electron chi connectivity index (χ2n) is 9.25. The molecular formula is C22H28N8OS. The smallest absolute Gasteiger partial charge is 0.237 e. The zero-order chi connectivity index (χ0) is 21.7. The summed E-state index contributed by atoms with van der Waals surface area (Å²) >= 11 is 1.60. The number of nitrogens with one attached hydrogen (secondary N) is 4. The van der Waals surface area contributed by atoms with Crippen LogP contribution in [-0.2, 0) is 4.79 Å². The molecule has 9 nitrogen and oxygen atoms in total. The lowest BCUT2D eigenvalue weighted by Crippen LogP contribution is -2.52. The molecule has 0 aromatic carbocycles. The van der Waals surface area contributed by atoms with Crippen LogP contribution in [0.15, 0.2) is 17.5 Å². The number of rotatable bonds is 7. The van der Waals surface area contributed by atoms with E-state index in [1.54, 1.807) is 11.3 Å². The van der Waals surface area contributed by atoms with Crippen LogP contribution < -0.4 is 16.0 Å². The third-order valence-corrected chi connectivity index (χ3v) is 7.56. The normalized spacial score (nSPS) is 24.8. The Morgan fingerprint density at radius 1 is 1.19 bits per heavy atom. The van der Waals surface area contributed by atoms with Gasteiger partial charge in [0.2, 0.25) is 11.9 Å². The van der Waals surface area contributed by atoms with Crippen molar-refractivity contribution in [3.8, 4) is 0 Å². The summed E-state index contributed by atoms with van der Waals surface area (Å²) in [5.41, 5.74) is 0.991. The number of thiophene rings is 1. The minimum Gasteiger partial charge on any atom is -0.351 e. The van der Waals surface area contributed by atoms with Crippen LogP contribution in [0.2, 0.25) is 0 Å². The van der Waals surface area contributed by atoms with E-state index in [9.17, 15) is 4.79 Å². The first-order valence-corrected chi connectivity index (χ1v) is 12.4. The first kappa shape index (κ1) is 19.9. The number of H-pyrrole nitrogens is 1. The molecule has 1 saturated carbocycles. The SMILES string of the molecule is Cc1cc(Nc2nc(NC3CC4CCC(C3)N4C(=O)CNC3CC3)nc3sccc23)n[nH]1. The summed E-state index contributed by atoms with van der Waals surface area (Å²) < 4.78 is 0. The molecule has 3 aromatic heterocycles. The molecule has 32 heavy (non-hydrogen) atoms. The van der Waals surface area contributed by atoms with Gasteiger partial charge in [0.15, 0.2) is 5.82 Å². The van der Waals surface area contributed by atoms with E-state index in [-0.39, 0.29) is 11.9 Å². The summed E-state index contributed by atoms with van der Waals surface area (Å²) in [6.45, 7) is 2.45. The molecule has 2 unspecified atom stereocenters. The van der Waals surface area contributed by atoms with E-state index in [4.69, 9.17) is 9.97 Å². The number of aryl methyl sites for hydroxylation is 1. The van der Waals surface area contributed by atoms with E-state index in [0.717, 1.165) is 53.2 Å². The summed E-state index contributed by atoms with van der Waals surface area (Å²) in [4.78, 5) is 25.4. The van der Waals surface area contributed by atoms with E-state index in [1.807, 2.05) is 24.4 Å². The number of carbonyl (C=O) groups is 1. The highest BCUT2D eigenvalue weighted by Crippen LogP contribution is 2.37. The summed E-state index contributed by atoms with van der Waals surface area (Å²) in [6, 6.07) is 5.45. The number of aromatic amines is 1. The number of amides is 1. The van der Waals surface area contributed by atoms with Crippen LogP contribution in [0.3, 0.4) is 0 Å². The Morgan fingerprint density at radius 3 is 2.72 bits per heavy atom. The predicted octanol–water partition coefficient (Wildman–Crippen LogP) is 3.15. The quantitative estimate of drug-likeness (QED) is 0.436. The van der Waals surface area contributed by atoms with E-state index >= 15 is 0 Å². The molecule has 2 bridgehead atoms. The Balaban J connectivity index is 1.16. The van der Waals surface area contributed by atoms with E-state index in [1.165, 1.54) is 12.8 Å². The molecule has 2 saturated heterocycles. The molecular weight excluding hydrogens is 424 g/mol. The maximum absolute atomic E-state index is 12.8. The van der Waals surface area contributed by atoms with Crippen LogP contribution in [0.4, 0.5) is 17.6 Å². The molecule has 168 valence electrons. The van der Waals surface area contributed by atoms with Crippen molar-refractivity contribution >= 4 is 45.0 Å². The van der Waals surface area contributed by atoms with Gasteiger partial charge in [-0.25, -0.2) is 4.98 Å². The van der Waals surface area contributed by atoms with Gasteiger partial charge in [-0.15, -0.1) is 11.3 Å².